The molecule has 0 amide bonds. The molecule has 4 nitrogen and oxygen atoms in total. The lowest BCUT2D eigenvalue weighted by Crippen LogP contribution is -2.42. The highest BCUT2D eigenvalue weighted by molar-refractivity contribution is 14.0. The number of aliphatic imine (C=N–C) groups is 1. The number of nitrogens with one attached hydrogen (secondary N) is 2. The predicted molar refractivity (Wildman–Crippen MR) is 109 cm³/mol. The van der Waals surface area contributed by atoms with Gasteiger partial charge in [-0.2, -0.15) is 0 Å². The molecule has 26 heavy (non-hydrogen) atoms. The van der Waals surface area contributed by atoms with E-state index < -0.39 is 11.6 Å². The van der Waals surface area contributed by atoms with Gasteiger partial charge in [0.05, 0.1) is 6.54 Å². The number of para-hydroxylation sites is 1. The van der Waals surface area contributed by atoms with Crippen molar-refractivity contribution < 1.29 is 13.5 Å². The molecular formula is C19H22F2IN3O. The fourth-order valence-corrected chi connectivity index (χ4v) is 2.88. The van der Waals surface area contributed by atoms with Gasteiger partial charge in [-0.25, -0.2) is 8.78 Å². The van der Waals surface area contributed by atoms with E-state index in [1.54, 1.807) is 7.05 Å². The highest BCUT2D eigenvalue weighted by atomic mass is 127. The molecule has 0 spiro atoms. The van der Waals surface area contributed by atoms with Gasteiger partial charge in [0.25, 0.3) is 0 Å². The Kier molecular flexibility index (Phi) is 7.62. The van der Waals surface area contributed by atoms with E-state index in [1.165, 1.54) is 17.7 Å². The molecule has 1 unspecified atom stereocenters. The maximum atomic E-state index is 13.2. The Bertz CT molecular complexity index is 725. The third-order valence-corrected chi connectivity index (χ3v) is 4.06. The van der Waals surface area contributed by atoms with Crippen LogP contribution < -0.4 is 15.4 Å². The molecule has 0 saturated carbocycles. The van der Waals surface area contributed by atoms with E-state index in [0.717, 1.165) is 18.2 Å². The molecule has 2 N–H and O–H groups in total. The van der Waals surface area contributed by atoms with Crippen LogP contribution in [0.3, 0.4) is 0 Å². The summed E-state index contributed by atoms with van der Waals surface area (Å²) >= 11 is 0. The number of halogens is 3. The van der Waals surface area contributed by atoms with E-state index in [4.69, 9.17) is 4.74 Å². The number of fused-ring (bicyclic) bond motifs is 1. The van der Waals surface area contributed by atoms with Crippen molar-refractivity contribution in [3.8, 4) is 5.75 Å². The molecule has 0 bridgehead atoms. The zero-order chi connectivity index (χ0) is 17.6. The molecule has 2 aromatic carbocycles. The van der Waals surface area contributed by atoms with Gasteiger partial charge in [0, 0.05) is 26.1 Å². The second-order valence-corrected chi connectivity index (χ2v) is 5.96. The minimum absolute atomic E-state index is 0. The average molecular weight is 473 g/mol. The Balaban J connectivity index is 0.00000243. The molecule has 7 heteroatoms. The number of hydrogen-bond acceptors (Lipinski definition) is 2. The highest BCUT2D eigenvalue weighted by Crippen LogP contribution is 2.27. The van der Waals surface area contributed by atoms with Crippen LogP contribution in [-0.4, -0.2) is 32.2 Å². The quantitative estimate of drug-likeness (QED) is 0.398. The first-order valence-corrected chi connectivity index (χ1v) is 8.28. The van der Waals surface area contributed by atoms with Gasteiger partial charge < -0.3 is 15.4 Å². The van der Waals surface area contributed by atoms with Crippen LogP contribution in [0.2, 0.25) is 0 Å². The van der Waals surface area contributed by atoms with Crippen LogP contribution in [0, 0.1) is 11.6 Å². The number of nitrogens with zero attached hydrogens (tertiary/aromatic N) is 1. The minimum Gasteiger partial charge on any atom is -0.488 e. The standard InChI is InChI=1S/C19H21F2N3O.HI/c1-22-19(23-7-6-13-8-15(20)11-16(21)9-13)24-12-17-10-14-4-2-3-5-18(14)25-17;/h2-5,8-9,11,17H,6-7,10,12H2,1H3,(H2,22,23,24);1H. The van der Waals surface area contributed by atoms with Crippen LogP contribution in [-0.2, 0) is 12.8 Å². The normalized spacial score (nSPS) is 15.7. The third-order valence-electron chi connectivity index (χ3n) is 4.06. The fourth-order valence-electron chi connectivity index (χ4n) is 2.88. The first kappa shape index (κ1) is 20.4. The molecule has 1 aliphatic heterocycles. The monoisotopic (exact) mass is 473 g/mol. The average Bonchev–Trinajstić information content (AvgIpc) is 3.00. The van der Waals surface area contributed by atoms with Crippen LogP contribution in [0.5, 0.6) is 5.75 Å². The smallest absolute Gasteiger partial charge is 0.191 e. The molecule has 1 heterocycles. The summed E-state index contributed by atoms with van der Waals surface area (Å²) in [5, 5.41) is 6.36. The molecule has 0 saturated heterocycles. The van der Waals surface area contributed by atoms with E-state index in [2.05, 4.69) is 21.7 Å². The molecule has 0 fully saturated rings. The molecule has 0 radical (unpaired) electrons. The van der Waals surface area contributed by atoms with Gasteiger partial charge in [0.15, 0.2) is 5.96 Å². The molecular weight excluding hydrogens is 451 g/mol. The second-order valence-electron chi connectivity index (χ2n) is 5.96. The topological polar surface area (TPSA) is 45.7 Å². The van der Waals surface area contributed by atoms with Crippen molar-refractivity contribution in [3.05, 3.63) is 65.2 Å². The predicted octanol–water partition coefficient (Wildman–Crippen LogP) is 3.29. The summed E-state index contributed by atoms with van der Waals surface area (Å²) in [5.41, 5.74) is 1.82. The molecule has 140 valence electrons. The summed E-state index contributed by atoms with van der Waals surface area (Å²) in [6.07, 6.45) is 1.43. The lowest BCUT2D eigenvalue weighted by Gasteiger charge is -2.15. The van der Waals surface area contributed by atoms with Gasteiger partial charge in [-0.15, -0.1) is 24.0 Å². The summed E-state index contributed by atoms with van der Waals surface area (Å²) < 4.78 is 32.2. The number of benzene rings is 2. The van der Waals surface area contributed by atoms with Crippen molar-refractivity contribution in [2.24, 2.45) is 4.99 Å². The van der Waals surface area contributed by atoms with E-state index in [9.17, 15) is 8.78 Å². The summed E-state index contributed by atoms with van der Waals surface area (Å²) in [5.74, 6) is 0.452. The number of guanidine groups is 1. The van der Waals surface area contributed by atoms with E-state index in [0.29, 0.717) is 31.0 Å². The lowest BCUT2D eigenvalue weighted by molar-refractivity contribution is 0.235. The van der Waals surface area contributed by atoms with Crippen molar-refractivity contribution in [1.82, 2.24) is 10.6 Å². The molecule has 1 atom stereocenters. The fraction of sp³-hybridized carbons (Fsp3) is 0.316. The van der Waals surface area contributed by atoms with Crippen molar-refractivity contribution in [1.29, 1.82) is 0 Å². The SMILES string of the molecule is CN=C(NCCc1cc(F)cc(F)c1)NCC1Cc2ccccc2O1.I. The molecule has 1 aliphatic rings. The van der Waals surface area contributed by atoms with Crippen LogP contribution in [0.4, 0.5) is 8.78 Å². The first-order valence-electron chi connectivity index (χ1n) is 8.28. The Morgan fingerprint density at radius 3 is 2.58 bits per heavy atom. The van der Waals surface area contributed by atoms with E-state index >= 15 is 0 Å². The number of ether oxygens (including phenoxy) is 1. The van der Waals surface area contributed by atoms with E-state index in [-0.39, 0.29) is 30.1 Å². The summed E-state index contributed by atoms with van der Waals surface area (Å²) in [7, 11) is 1.68. The Labute approximate surface area is 169 Å². The van der Waals surface area contributed by atoms with Gasteiger partial charge in [0.2, 0.25) is 0 Å². The van der Waals surface area contributed by atoms with Gasteiger partial charge >= 0.3 is 0 Å². The van der Waals surface area contributed by atoms with Gasteiger partial charge in [-0.1, -0.05) is 18.2 Å². The van der Waals surface area contributed by atoms with Crippen molar-refractivity contribution >= 4 is 29.9 Å². The Morgan fingerprint density at radius 1 is 1.15 bits per heavy atom. The summed E-state index contributed by atoms with van der Waals surface area (Å²) in [6.45, 7) is 1.15. The summed E-state index contributed by atoms with van der Waals surface area (Å²) in [4.78, 5) is 4.16. The highest BCUT2D eigenvalue weighted by Gasteiger charge is 2.22. The van der Waals surface area contributed by atoms with Crippen LogP contribution in [0.15, 0.2) is 47.5 Å². The first-order chi connectivity index (χ1) is 12.1. The van der Waals surface area contributed by atoms with Gasteiger partial charge in [-0.05, 0) is 35.7 Å². The minimum atomic E-state index is -0.560. The van der Waals surface area contributed by atoms with E-state index in [1.807, 2.05) is 18.2 Å². The van der Waals surface area contributed by atoms with Gasteiger partial charge in [0.1, 0.15) is 23.5 Å². The Hall–Kier alpha value is -1.90. The molecule has 2 aromatic rings. The van der Waals surface area contributed by atoms with Crippen LogP contribution in [0.25, 0.3) is 0 Å². The largest absolute Gasteiger partial charge is 0.488 e. The summed E-state index contributed by atoms with van der Waals surface area (Å²) in [6, 6.07) is 11.6. The van der Waals surface area contributed by atoms with Crippen molar-refractivity contribution in [2.45, 2.75) is 18.9 Å². The number of hydrogen-bond donors (Lipinski definition) is 2. The zero-order valence-corrected chi connectivity index (χ0v) is 16.8. The van der Waals surface area contributed by atoms with Crippen molar-refractivity contribution in [3.63, 3.8) is 0 Å². The van der Waals surface area contributed by atoms with Gasteiger partial charge in [-0.3, -0.25) is 4.99 Å². The van der Waals surface area contributed by atoms with Crippen LogP contribution in [0.1, 0.15) is 11.1 Å². The van der Waals surface area contributed by atoms with Crippen molar-refractivity contribution in [2.75, 3.05) is 20.1 Å². The third kappa shape index (κ3) is 5.55. The maximum Gasteiger partial charge on any atom is 0.191 e. The molecule has 3 rings (SSSR count). The number of rotatable bonds is 5. The zero-order valence-electron chi connectivity index (χ0n) is 14.5. The Morgan fingerprint density at radius 2 is 1.88 bits per heavy atom. The molecule has 0 aliphatic carbocycles. The maximum absolute atomic E-state index is 13.2. The van der Waals surface area contributed by atoms with Crippen LogP contribution >= 0.6 is 24.0 Å². The molecule has 0 aromatic heterocycles. The second kappa shape index (κ2) is 9.70. The lowest BCUT2D eigenvalue weighted by atomic mass is 10.1.